The number of nitrogens with zero attached hydrogens (tertiary/aromatic N) is 1. The molecule has 2 aliphatic rings. The number of hydrogen-bond acceptors (Lipinski definition) is 3. The third-order valence-corrected chi connectivity index (χ3v) is 3.87. The van der Waals surface area contributed by atoms with Crippen molar-refractivity contribution in [2.75, 3.05) is 26.2 Å². The van der Waals surface area contributed by atoms with E-state index in [1.807, 2.05) is 0 Å². The second kappa shape index (κ2) is 6.93. The average molecular weight is 263 g/mol. The molecule has 2 fully saturated rings. The van der Waals surface area contributed by atoms with Crippen molar-refractivity contribution >= 4 is 12.4 Å². The Hall–Kier alpha value is 0.170. The Morgan fingerprint density at radius 3 is 2.71 bits per heavy atom. The second-order valence-corrected chi connectivity index (χ2v) is 5.81. The van der Waals surface area contributed by atoms with Crippen LogP contribution in [0.2, 0.25) is 0 Å². The van der Waals surface area contributed by atoms with Crippen molar-refractivity contribution in [1.29, 1.82) is 0 Å². The second-order valence-electron chi connectivity index (χ2n) is 5.81. The maximum Gasteiger partial charge on any atom is 0.108 e. The van der Waals surface area contributed by atoms with E-state index in [2.05, 4.69) is 31.0 Å². The normalized spacial score (nSPS) is 34.9. The van der Waals surface area contributed by atoms with E-state index in [9.17, 15) is 0 Å². The van der Waals surface area contributed by atoms with Gasteiger partial charge >= 0.3 is 0 Å². The fourth-order valence-electron chi connectivity index (χ4n) is 2.71. The maximum atomic E-state index is 5.82. The van der Waals surface area contributed by atoms with Crippen molar-refractivity contribution < 1.29 is 4.74 Å². The summed E-state index contributed by atoms with van der Waals surface area (Å²) >= 11 is 0. The fraction of sp³-hybridized carbons (Fsp3) is 1.00. The van der Waals surface area contributed by atoms with Gasteiger partial charge in [-0.3, -0.25) is 5.32 Å². The van der Waals surface area contributed by atoms with Gasteiger partial charge in [-0.2, -0.15) is 0 Å². The van der Waals surface area contributed by atoms with E-state index in [4.69, 9.17) is 4.74 Å². The van der Waals surface area contributed by atoms with Gasteiger partial charge in [-0.25, -0.2) is 0 Å². The minimum Gasteiger partial charge on any atom is -0.363 e. The van der Waals surface area contributed by atoms with E-state index in [1.54, 1.807) is 0 Å². The van der Waals surface area contributed by atoms with Gasteiger partial charge < -0.3 is 9.64 Å². The minimum absolute atomic E-state index is 0. The lowest BCUT2D eigenvalue weighted by Gasteiger charge is -2.30. The average Bonchev–Trinajstić information content (AvgIpc) is 2.70. The number of ether oxygens (including phenoxy) is 1. The Morgan fingerprint density at radius 2 is 2.18 bits per heavy atom. The lowest BCUT2D eigenvalue weighted by atomic mass is 10.0. The molecule has 4 heteroatoms. The monoisotopic (exact) mass is 262 g/mol. The van der Waals surface area contributed by atoms with Gasteiger partial charge in [0.2, 0.25) is 0 Å². The molecule has 3 unspecified atom stereocenters. The minimum atomic E-state index is 0. The van der Waals surface area contributed by atoms with Crippen molar-refractivity contribution in [2.45, 2.75) is 45.9 Å². The summed E-state index contributed by atoms with van der Waals surface area (Å²) < 4.78 is 5.82. The Balaban J connectivity index is 0.00000144. The number of halogens is 1. The highest BCUT2D eigenvalue weighted by Crippen LogP contribution is 2.24. The maximum absolute atomic E-state index is 5.82. The van der Waals surface area contributed by atoms with Crippen molar-refractivity contribution in [2.24, 2.45) is 11.8 Å². The van der Waals surface area contributed by atoms with Crippen LogP contribution < -0.4 is 5.32 Å². The summed E-state index contributed by atoms with van der Waals surface area (Å²) in [4.78, 5) is 2.58. The molecule has 0 bridgehead atoms. The molecule has 2 saturated heterocycles. The van der Waals surface area contributed by atoms with Gasteiger partial charge in [-0.15, -0.1) is 12.4 Å². The molecule has 0 radical (unpaired) electrons. The molecule has 0 aromatic carbocycles. The molecule has 0 aromatic rings. The third kappa shape index (κ3) is 4.40. The SMILES string of the molecule is CC1CNC(CC2CCN(C(C)C)C2)OC1.Cl. The van der Waals surface area contributed by atoms with Crippen LogP contribution in [0.15, 0.2) is 0 Å². The first kappa shape index (κ1) is 15.2. The van der Waals surface area contributed by atoms with Crippen molar-refractivity contribution in [3.63, 3.8) is 0 Å². The lowest BCUT2D eigenvalue weighted by Crippen LogP contribution is -2.43. The summed E-state index contributed by atoms with van der Waals surface area (Å²) in [6, 6.07) is 0.699. The first-order valence-corrected chi connectivity index (χ1v) is 6.74. The highest BCUT2D eigenvalue weighted by Gasteiger charge is 2.28. The van der Waals surface area contributed by atoms with E-state index >= 15 is 0 Å². The molecule has 0 amide bonds. The summed E-state index contributed by atoms with van der Waals surface area (Å²) in [5.74, 6) is 1.50. The van der Waals surface area contributed by atoms with Gasteiger partial charge in [0, 0.05) is 19.1 Å². The van der Waals surface area contributed by atoms with Crippen LogP contribution >= 0.6 is 12.4 Å². The Morgan fingerprint density at radius 1 is 1.41 bits per heavy atom. The van der Waals surface area contributed by atoms with Crippen LogP contribution in [-0.2, 0) is 4.74 Å². The largest absolute Gasteiger partial charge is 0.363 e. The number of hydrogen-bond donors (Lipinski definition) is 1. The van der Waals surface area contributed by atoms with E-state index in [0.29, 0.717) is 18.2 Å². The van der Waals surface area contributed by atoms with Crippen LogP contribution in [0, 0.1) is 11.8 Å². The molecule has 0 spiro atoms. The molecule has 2 rings (SSSR count). The molecule has 3 nitrogen and oxygen atoms in total. The standard InChI is InChI=1S/C13H26N2O.ClH/c1-10(2)15-5-4-12(8-15)6-13-14-7-11(3)9-16-13;/h10-14H,4-9H2,1-3H3;1H. The van der Waals surface area contributed by atoms with Crippen molar-refractivity contribution in [3.8, 4) is 0 Å². The molecule has 0 aromatic heterocycles. The van der Waals surface area contributed by atoms with E-state index < -0.39 is 0 Å². The molecule has 1 N–H and O–H groups in total. The topological polar surface area (TPSA) is 24.5 Å². The summed E-state index contributed by atoms with van der Waals surface area (Å²) in [7, 11) is 0. The highest BCUT2D eigenvalue weighted by atomic mass is 35.5. The molecular formula is C13H27ClN2O. The fourth-order valence-corrected chi connectivity index (χ4v) is 2.71. The van der Waals surface area contributed by atoms with Crippen LogP contribution in [0.3, 0.4) is 0 Å². The molecule has 2 aliphatic heterocycles. The predicted octanol–water partition coefficient (Wildman–Crippen LogP) is 2.11. The zero-order chi connectivity index (χ0) is 11.5. The molecule has 3 atom stereocenters. The summed E-state index contributed by atoms with van der Waals surface area (Å²) in [6.07, 6.45) is 2.85. The van der Waals surface area contributed by atoms with E-state index in [1.165, 1.54) is 25.9 Å². The van der Waals surface area contributed by atoms with Crippen LogP contribution in [0.5, 0.6) is 0 Å². The molecule has 17 heavy (non-hydrogen) atoms. The van der Waals surface area contributed by atoms with E-state index in [-0.39, 0.29) is 12.4 Å². The van der Waals surface area contributed by atoms with Crippen LogP contribution in [0.25, 0.3) is 0 Å². The molecule has 0 saturated carbocycles. The predicted molar refractivity (Wildman–Crippen MR) is 73.6 cm³/mol. The summed E-state index contributed by atoms with van der Waals surface area (Å²) in [5, 5.41) is 3.50. The Labute approximate surface area is 112 Å². The highest BCUT2D eigenvalue weighted by molar-refractivity contribution is 5.85. The van der Waals surface area contributed by atoms with Gasteiger partial charge in [-0.1, -0.05) is 6.92 Å². The molecule has 0 aliphatic carbocycles. The first-order chi connectivity index (χ1) is 7.65. The number of rotatable bonds is 3. The zero-order valence-corrected chi connectivity index (χ0v) is 12.1. The van der Waals surface area contributed by atoms with Crippen molar-refractivity contribution in [1.82, 2.24) is 10.2 Å². The van der Waals surface area contributed by atoms with Crippen LogP contribution in [0.1, 0.15) is 33.6 Å². The molecular weight excluding hydrogens is 236 g/mol. The van der Waals surface area contributed by atoms with Gasteiger partial charge in [0.25, 0.3) is 0 Å². The van der Waals surface area contributed by atoms with E-state index in [0.717, 1.165) is 19.1 Å². The number of likely N-dealkylation sites (tertiary alicyclic amines) is 1. The van der Waals surface area contributed by atoms with Gasteiger partial charge in [0.05, 0.1) is 6.61 Å². The quantitative estimate of drug-likeness (QED) is 0.843. The van der Waals surface area contributed by atoms with Gasteiger partial charge in [0.15, 0.2) is 0 Å². The van der Waals surface area contributed by atoms with Crippen LogP contribution in [0.4, 0.5) is 0 Å². The smallest absolute Gasteiger partial charge is 0.108 e. The third-order valence-electron chi connectivity index (χ3n) is 3.87. The molecule has 2 heterocycles. The van der Waals surface area contributed by atoms with Gasteiger partial charge in [0.1, 0.15) is 6.23 Å². The number of nitrogens with one attached hydrogen (secondary N) is 1. The first-order valence-electron chi connectivity index (χ1n) is 6.74. The summed E-state index contributed by atoms with van der Waals surface area (Å²) in [5.41, 5.74) is 0. The lowest BCUT2D eigenvalue weighted by molar-refractivity contribution is -0.0354. The molecule has 102 valence electrons. The van der Waals surface area contributed by atoms with Crippen LogP contribution in [-0.4, -0.2) is 43.4 Å². The Kier molecular flexibility index (Phi) is 6.21. The Bertz CT molecular complexity index is 217. The van der Waals surface area contributed by atoms with Gasteiger partial charge in [-0.05, 0) is 45.1 Å². The summed E-state index contributed by atoms with van der Waals surface area (Å²) in [6.45, 7) is 11.4. The zero-order valence-electron chi connectivity index (χ0n) is 11.3. The van der Waals surface area contributed by atoms with Crippen molar-refractivity contribution in [3.05, 3.63) is 0 Å².